The third-order valence-corrected chi connectivity index (χ3v) is 3.03. The zero-order chi connectivity index (χ0) is 11.8. The van der Waals surface area contributed by atoms with Crippen molar-refractivity contribution in [3.63, 3.8) is 0 Å². The lowest BCUT2D eigenvalue weighted by Gasteiger charge is -2.42. The molecule has 1 saturated carbocycles. The van der Waals surface area contributed by atoms with Gasteiger partial charge in [0.05, 0.1) is 12.7 Å². The number of rotatable bonds is 3. The Kier molecular flexibility index (Phi) is 2.78. The summed E-state index contributed by atoms with van der Waals surface area (Å²) in [7, 11) is 0. The molecule has 0 unspecified atom stereocenters. The van der Waals surface area contributed by atoms with Gasteiger partial charge in [0.15, 0.2) is 11.5 Å². The van der Waals surface area contributed by atoms with Crippen molar-refractivity contribution in [1.82, 2.24) is 0 Å². The van der Waals surface area contributed by atoms with E-state index in [1.54, 1.807) is 18.2 Å². The molecule has 4 nitrogen and oxygen atoms in total. The third-order valence-electron chi connectivity index (χ3n) is 3.03. The van der Waals surface area contributed by atoms with Crippen molar-refractivity contribution >= 4 is 0 Å². The molecule has 1 fully saturated rings. The average Bonchev–Trinajstić information content (AvgIpc) is 2.19. The monoisotopic (exact) mass is 223 g/mol. The van der Waals surface area contributed by atoms with E-state index >= 15 is 0 Å². The molecule has 0 bridgehead atoms. The zero-order valence-electron chi connectivity index (χ0n) is 9.31. The minimum Gasteiger partial charge on any atom is -0.504 e. The molecular weight excluding hydrogens is 206 g/mol. The normalized spacial score (nSPS) is 28.6. The maximum atomic E-state index is 9.56. The molecule has 0 spiro atoms. The van der Waals surface area contributed by atoms with Crippen LogP contribution < -0.4 is 10.5 Å². The first-order valence-corrected chi connectivity index (χ1v) is 5.48. The van der Waals surface area contributed by atoms with Crippen LogP contribution in [0, 0.1) is 0 Å². The number of benzene rings is 1. The fourth-order valence-electron chi connectivity index (χ4n) is 2.11. The SMILES string of the molecule is CCOc1cc(C2(N)CC(O)C2)ccc1O. The number of aliphatic hydroxyl groups excluding tert-OH is 1. The van der Waals surface area contributed by atoms with Crippen molar-refractivity contribution in [3.8, 4) is 11.5 Å². The summed E-state index contributed by atoms with van der Waals surface area (Å²) in [4.78, 5) is 0. The first-order chi connectivity index (χ1) is 7.55. The second kappa shape index (κ2) is 3.96. The van der Waals surface area contributed by atoms with Crippen molar-refractivity contribution in [1.29, 1.82) is 0 Å². The number of aromatic hydroxyl groups is 1. The number of phenolic OH excluding ortho intramolecular Hbond substituents is 1. The van der Waals surface area contributed by atoms with Crippen molar-refractivity contribution < 1.29 is 14.9 Å². The van der Waals surface area contributed by atoms with Gasteiger partial charge in [0.2, 0.25) is 0 Å². The Hall–Kier alpha value is -1.26. The number of phenols is 1. The predicted molar refractivity (Wildman–Crippen MR) is 60.4 cm³/mol. The van der Waals surface area contributed by atoms with E-state index in [9.17, 15) is 10.2 Å². The number of aliphatic hydroxyl groups is 1. The van der Waals surface area contributed by atoms with Crippen LogP contribution in [0.3, 0.4) is 0 Å². The molecule has 0 aromatic heterocycles. The van der Waals surface area contributed by atoms with Crippen LogP contribution in [0.5, 0.6) is 11.5 Å². The van der Waals surface area contributed by atoms with Crippen LogP contribution in [0.25, 0.3) is 0 Å². The van der Waals surface area contributed by atoms with Crippen LogP contribution in [0.2, 0.25) is 0 Å². The van der Waals surface area contributed by atoms with E-state index in [2.05, 4.69) is 0 Å². The Morgan fingerprint density at radius 1 is 1.50 bits per heavy atom. The standard InChI is InChI=1S/C12H17NO3/c1-2-16-11-5-8(3-4-10(11)15)12(13)6-9(14)7-12/h3-5,9,14-15H,2,6-7,13H2,1H3. The van der Waals surface area contributed by atoms with Crippen LogP contribution in [0.4, 0.5) is 0 Å². The highest BCUT2D eigenvalue weighted by atomic mass is 16.5. The number of nitrogens with two attached hydrogens (primary N) is 1. The summed E-state index contributed by atoms with van der Waals surface area (Å²) < 4.78 is 5.30. The second-order valence-corrected chi connectivity index (χ2v) is 4.33. The first-order valence-electron chi connectivity index (χ1n) is 5.48. The van der Waals surface area contributed by atoms with Gasteiger partial charge in [0, 0.05) is 5.54 Å². The first kappa shape index (κ1) is 11.2. The number of ether oxygens (including phenoxy) is 1. The Bertz CT molecular complexity index is 386. The minimum absolute atomic E-state index is 0.120. The van der Waals surface area contributed by atoms with Gasteiger partial charge in [-0.1, -0.05) is 6.07 Å². The molecular formula is C12H17NO3. The molecule has 2 rings (SSSR count). The Morgan fingerprint density at radius 2 is 2.19 bits per heavy atom. The molecule has 0 radical (unpaired) electrons. The predicted octanol–water partition coefficient (Wildman–Crippen LogP) is 1.10. The van der Waals surface area contributed by atoms with Gasteiger partial charge in [0.25, 0.3) is 0 Å². The highest BCUT2D eigenvalue weighted by molar-refractivity contribution is 5.44. The van der Waals surface area contributed by atoms with E-state index in [1.807, 2.05) is 6.92 Å². The third kappa shape index (κ3) is 1.86. The van der Waals surface area contributed by atoms with Gasteiger partial charge >= 0.3 is 0 Å². The highest BCUT2D eigenvalue weighted by Gasteiger charge is 2.41. The number of hydrogen-bond acceptors (Lipinski definition) is 4. The van der Waals surface area contributed by atoms with Gasteiger partial charge < -0.3 is 20.7 Å². The molecule has 0 atom stereocenters. The summed E-state index contributed by atoms with van der Waals surface area (Å²) in [6.07, 6.45) is 0.807. The highest BCUT2D eigenvalue weighted by Crippen LogP contribution is 2.41. The van der Waals surface area contributed by atoms with Crippen LogP contribution in [0.1, 0.15) is 25.3 Å². The maximum absolute atomic E-state index is 9.56. The van der Waals surface area contributed by atoms with Gasteiger partial charge in [-0.2, -0.15) is 0 Å². The lowest BCUT2D eigenvalue weighted by Crippen LogP contribution is -2.51. The molecule has 4 heteroatoms. The Labute approximate surface area is 94.7 Å². The van der Waals surface area contributed by atoms with E-state index in [4.69, 9.17) is 10.5 Å². The van der Waals surface area contributed by atoms with E-state index in [-0.39, 0.29) is 11.9 Å². The van der Waals surface area contributed by atoms with Crippen LogP contribution in [-0.4, -0.2) is 22.9 Å². The molecule has 0 heterocycles. The summed E-state index contributed by atoms with van der Waals surface area (Å²) in [5.41, 5.74) is 6.56. The fourth-order valence-corrected chi connectivity index (χ4v) is 2.11. The van der Waals surface area contributed by atoms with E-state index in [0.717, 1.165) is 5.56 Å². The minimum atomic E-state index is -0.473. The second-order valence-electron chi connectivity index (χ2n) is 4.33. The molecule has 0 aliphatic heterocycles. The lowest BCUT2D eigenvalue weighted by atomic mass is 9.70. The van der Waals surface area contributed by atoms with E-state index in [1.165, 1.54) is 0 Å². The molecule has 16 heavy (non-hydrogen) atoms. The lowest BCUT2D eigenvalue weighted by molar-refractivity contribution is 0.0208. The van der Waals surface area contributed by atoms with Crippen molar-refractivity contribution in [2.75, 3.05) is 6.61 Å². The summed E-state index contributed by atoms with van der Waals surface area (Å²) in [6, 6.07) is 5.12. The quantitative estimate of drug-likeness (QED) is 0.717. The molecule has 88 valence electrons. The number of hydrogen-bond donors (Lipinski definition) is 3. The Morgan fingerprint density at radius 3 is 2.75 bits per heavy atom. The molecule has 4 N–H and O–H groups in total. The van der Waals surface area contributed by atoms with E-state index in [0.29, 0.717) is 25.2 Å². The molecule has 1 aliphatic carbocycles. The smallest absolute Gasteiger partial charge is 0.161 e. The summed E-state index contributed by atoms with van der Waals surface area (Å²) in [5, 5.41) is 18.9. The molecule has 1 aliphatic rings. The largest absolute Gasteiger partial charge is 0.504 e. The Balaban J connectivity index is 2.25. The summed E-state index contributed by atoms with van der Waals surface area (Å²) in [5.74, 6) is 0.570. The van der Waals surface area contributed by atoms with Crippen molar-refractivity contribution in [2.24, 2.45) is 5.73 Å². The van der Waals surface area contributed by atoms with Gasteiger partial charge in [-0.3, -0.25) is 0 Å². The van der Waals surface area contributed by atoms with Gasteiger partial charge in [-0.25, -0.2) is 0 Å². The molecule has 0 amide bonds. The summed E-state index contributed by atoms with van der Waals surface area (Å²) in [6.45, 7) is 2.36. The summed E-state index contributed by atoms with van der Waals surface area (Å²) >= 11 is 0. The van der Waals surface area contributed by atoms with Crippen molar-refractivity contribution in [2.45, 2.75) is 31.4 Å². The van der Waals surface area contributed by atoms with Gasteiger partial charge in [0.1, 0.15) is 0 Å². The van der Waals surface area contributed by atoms with Crippen LogP contribution >= 0.6 is 0 Å². The molecule has 1 aromatic carbocycles. The van der Waals surface area contributed by atoms with E-state index < -0.39 is 5.54 Å². The van der Waals surface area contributed by atoms with Crippen LogP contribution in [-0.2, 0) is 5.54 Å². The fraction of sp³-hybridized carbons (Fsp3) is 0.500. The van der Waals surface area contributed by atoms with Gasteiger partial charge in [-0.05, 0) is 37.5 Å². The maximum Gasteiger partial charge on any atom is 0.161 e. The topological polar surface area (TPSA) is 75.7 Å². The van der Waals surface area contributed by atoms with Crippen LogP contribution in [0.15, 0.2) is 18.2 Å². The molecule has 1 aromatic rings. The zero-order valence-corrected chi connectivity index (χ0v) is 9.31. The van der Waals surface area contributed by atoms with Gasteiger partial charge in [-0.15, -0.1) is 0 Å². The average molecular weight is 223 g/mol. The molecule has 0 saturated heterocycles. The van der Waals surface area contributed by atoms with Crippen molar-refractivity contribution in [3.05, 3.63) is 23.8 Å².